The molecular formula is C25H27N3O2. The van der Waals surface area contributed by atoms with Crippen LogP contribution in [0.1, 0.15) is 26.3 Å². The Hall–Kier alpha value is -3.47. The molecular weight excluding hydrogens is 374 g/mol. The number of nitrogens with one attached hydrogen (secondary N) is 1. The van der Waals surface area contributed by atoms with Crippen LogP contribution in [0.15, 0.2) is 72.9 Å². The molecule has 4 rings (SSSR count). The van der Waals surface area contributed by atoms with Crippen LogP contribution in [0.4, 0.5) is 5.82 Å². The van der Waals surface area contributed by atoms with Gasteiger partial charge in [-0.05, 0) is 50.6 Å². The predicted octanol–water partition coefficient (Wildman–Crippen LogP) is 5.80. The first-order chi connectivity index (χ1) is 14.5. The summed E-state index contributed by atoms with van der Waals surface area (Å²) in [6, 6.07) is 22.0. The molecule has 1 N–H and O–H groups in total. The molecule has 0 atom stereocenters. The lowest BCUT2D eigenvalue weighted by molar-refractivity contribution is 0.308. The van der Waals surface area contributed by atoms with Crippen molar-refractivity contribution in [3.63, 3.8) is 0 Å². The van der Waals surface area contributed by atoms with Crippen LogP contribution in [-0.2, 0) is 6.61 Å². The molecule has 0 aliphatic rings. The minimum atomic E-state index is -0.145. The molecule has 0 aliphatic carbocycles. The molecule has 0 unspecified atom stereocenters. The Bertz CT molecular complexity index is 1140. The summed E-state index contributed by atoms with van der Waals surface area (Å²) in [6.07, 6.45) is 2.00. The van der Waals surface area contributed by atoms with Gasteiger partial charge in [-0.1, -0.05) is 42.5 Å². The molecule has 0 aliphatic heterocycles. The summed E-state index contributed by atoms with van der Waals surface area (Å²) < 4.78 is 13.8. The van der Waals surface area contributed by atoms with E-state index in [-0.39, 0.29) is 5.54 Å². The molecule has 0 amide bonds. The van der Waals surface area contributed by atoms with Crippen molar-refractivity contribution in [3.8, 4) is 22.8 Å². The Kier molecular flexibility index (Phi) is 5.36. The smallest absolute Gasteiger partial charge is 0.181 e. The zero-order valence-electron chi connectivity index (χ0n) is 17.8. The molecule has 0 fully saturated rings. The molecule has 5 heteroatoms. The minimum Gasteiger partial charge on any atom is -0.496 e. The molecule has 2 aromatic heterocycles. The van der Waals surface area contributed by atoms with Crippen molar-refractivity contribution in [2.75, 3.05) is 12.4 Å². The van der Waals surface area contributed by atoms with Gasteiger partial charge in [-0.3, -0.25) is 4.40 Å². The zero-order chi connectivity index (χ0) is 21.1. The molecule has 0 saturated carbocycles. The summed E-state index contributed by atoms with van der Waals surface area (Å²) in [5.41, 5.74) is 3.50. The summed E-state index contributed by atoms with van der Waals surface area (Å²) in [5, 5.41) is 3.61. The third-order valence-electron chi connectivity index (χ3n) is 4.71. The average molecular weight is 402 g/mol. The second kappa shape index (κ2) is 8.11. The Morgan fingerprint density at radius 3 is 2.33 bits per heavy atom. The van der Waals surface area contributed by atoms with E-state index in [9.17, 15) is 0 Å². The maximum atomic E-state index is 6.15. The number of pyridine rings is 1. The lowest BCUT2D eigenvalue weighted by atomic mass is 10.1. The molecule has 0 saturated heterocycles. The van der Waals surface area contributed by atoms with E-state index in [1.165, 1.54) is 0 Å². The highest BCUT2D eigenvalue weighted by Gasteiger charge is 2.22. The summed E-state index contributed by atoms with van der Waals surface area (Å²) >= 11 is 0. The van der Waals surface area contributed by atoms with Gasteiger partial charge in [0, 0.05) is 17.3 Å². The van der Waals surface area contributed by atoms with Gasteiger partial charge in [-0.25, -0.2) is 4.98 Å². The fraction of sp³-hybridized carbons (Fsp3) is 0.240. The quantitative estimate of drug-likeness (QED) is 0.444. The third kappa shape index (κ3) is 4.10. The number of methoxy groups -OCH3 is 1. The Morgan fingerprint density at radius 2 is 1.60 bits per heavy atom. The maximum Gasteiger partial charge on any atom is 0.181 e. The van der Waals surface area contributed by atoms with Crippen LogP contribution in [0.25, 0.3) is 16.9 Å². The number of benzene rings is 2. The first kappa shape index (κ1) is 19.8. The summed E-state index contributed by atoms with van der Waals surface area (Å²) in [5.74, 6) is 2.43. The SMILES string of the molecule is COc1ccccc1-c1nc2c(OCc3ccccc3)cccn2c1NC(C)(C)C. The van der Waals surface area contributed by atoms with Crippen LogP contribution >= 0.6 is 0 Å². The van der Waals surface area contributed by atoms with E-state index in [1.54, 1.807) is 7.11 Å². The van der Waals surface area contributed by atoms with E-state index in [0.717, 1.165) is 39.8 Å². The fourth-order valence-corrected chi connectivity index (χ4v) is 3.39. The number of ether oxygens (including phenoxy) is 2. The van der Waals surface area contributed by atoms with Gasteiger partial charge >= 0.3 is 0 Å². The topological polar surface area (TPSA) is 47.8 Å². The van der Waals surface area contributed by atoms with Gasteiger partial charge < -0.3 is 14.8 Å². The van der Waals surface area contributed by atoms with Crippen molar-refractivity contribution in [1.82, 2.24) is 9.38 Å². The van der Waals surface area contributed by atoms with Crippen LogP contribution in [0.5, 0.6) is 11.5 Å². The number of hydrogen-bond donors (Lipinski definition) is 1. The molecule has 5 nitrogen and oxygen atoms in total. The van der Waals surface area contributed by atoms with Crippen molar-refractivity contribution >= 4 is 11.5 Å². The molecule has 0 bridgehead atoms. The molecule has 2 heterocycles. The first-order valence-corrected chi connectivity index (χ1v) is 10.1. The van der Waals surface area contributed by atoms with Gasteiger partial charge in [0.2, 0.25) is 0 Å². The number of imidazole rings is 1. The van der Waals surface area contributed by atoms with Crippen molar-refractivity contribution < 1.29 is 9.47 Å². The highest BCUT2D eigenvalue weighted by molar-refractivity contribution is 5.82. The molecule has 154 valence electrons. The number of hydrogen-bond acceptors (Lipinski definition) is 4. The molecule has 4 aromatic rings. The van der Waals surface area contributed by atoms with Crippen LogP contribution in [-0.4, -0.2) is 22.0 Å². The van der Waals surface area contributed by atoms with Gasteiger partial charge in [-0.15, -0.1) is 0 Å². The second-order valence-corrected chi connectivity index (χ2v) is 8.22. The van der Waals surface area contributed by atoms with Gasteiger partial charge in [-0.2, -0.15) is 0 Å². The van der Waals surface area contributed by atoms with Crippen LogP contribution < -0.4 is 14.8 Å². The lowest BCUT2D eigenvalue weighted by Gasteiger charge is -2.23. The number of fused-ring (bicyclic) bond motifs is 1. The van der Waals surface area contributed by atoms with E-state index in [0.29, 0.717) is 6.61 Å². The zero-order valence-corrected chi connectivity index (χ0v) is 17.8. The molecule has 30 heavy (non-hydrogen) atoms. The van der Waals surface area contributed by atoms with Crippen LogP contribution in [0.2, 0.25) is 0 Å². The number of aromatic nitrogens is 2. The Morgan fingerprint density at radius 1 is 0.900 bits per heavy atom. The van der Waals surface area contributed by atoms with Crippen molar-refractivity contribution in [1.29, 1.82) is 0 Å². The number of nitrogens with zero attached hydrogens (tertiary/aromatic N) is 2. The number of rotatable bonds is 6. The fourth-order valence-electron chi connectivity index (χ4n) is 3.39. The summed E-state index contributed by atoms with van der Waals surface area (Å²) in [4.78, 5) is 4.98. The normalized spacial score (nSPS) is 11.5. The third-order valence-corrected chi connectivity index (χ3v) is 4.71. The van der Waals surface area contributed by atoms with Crippen molar-refractivity contribution in [2.24, 2.45) is 0 Å². The number of para-hydroxylation sites is 1. The van der Waals surface area contributed by atoms with Gasteiger partial charge in [0.1, 0.15) is 23.9 Å². The molecule has 2 aromatic carbocycles. The lowest BCUT2D eigenvalue weighted by Crippen LogP contribution is -2.27. The second-order valence-electron chi connectivity index (χ2n) is 8.22. The summed E-state index contributed by atoms with van der Waals surface area (Å²) in [7, 11) is 1.68. The Labute approximate surface area is 177 Å². The van der Waals surface area contributed by atoms with Crippen LogP contribution in [0.3, 0.4) is 0 Å². The maximum absolute atomic E-state index is 6.15. The van der Waals surface area contributed by atoms with Crippen LogP contribution in [0, 0.1) is 0 Å². The monoisotopic (exact) mass is 401 g/mol. The van der Waals surface area contributed by atoms with E-state index < -0.39 is 0 Å². The molecule has 0 radical (unpaired) electrons. The van der Waals surface area contributed by atoms with Gasteiger partial charge in [0.25, 0.3) is 0 Å². The van der Waals surface area contributed by atoms with E-state index >= 15 is 0 Å². The average Bonchev–Trinajstić information content (AvgIpc) is 3.10. The number of anilines is 1. The van der Waals surface area contributed by atoms with Gasteiger partial charge in [0.15, 0.2) is 11.4 Å². The van der Waals surface area contributed by atoms with E-state index in [4.69, 9.17) is 14.5 Å². The van der Waals surface area contributed by atoms with E-state index in [2.05, 4.69) is 38.2 Å². The highest BCUT2D eigenvalue weighted by atomic mass is 16.5. The molecule has 0 spiro atoms. The highest BCUT2D eigenvalue weighted by Crippen LogP contribution is 2.38. The largest absolute Gasteiger partial charge is 0.496 e. The summed E-state index contributed by atoms with van der Waals surface area (Å²) in [6.45, 7) is 6.88. The standard InChI is InChI=1S/C25H27N3O2/c1-25(2,3)27-24-22(19-13-8-9-14-20(19)29-4)26-23-21(15-10-16-28(23)24)30-17-18-11-6-5-7-12-18/h5-16,27H,17H2,1-4H3. The predicted molar refractivity (Wildman–Crippen MR) is 121 cm³/mol. The van der Waals surface area contributed by atoms with Crippen molar-refractivity contribution in [3.05, 3.63) is 78.5 Å². The van der Waals surface area contributed by atoms with Gasteiger partial charge in [0.05, 0.1) is 7.11 Å². The van der Waals surface area contributed by atoms with Crippen molar-refractivity contribution in [2.45, 2.75) is 32.9 Å². The first-order valence-electron chi connectivity index (χ1n) is 10.1. The minimum absolute atomic E-state index is 0.145. The Balaban J connectivity index is 1.83. The van der Waals surface area contributed by atoms with E-state index in [1.807, 2.05) is 65.2 Å².